The van der Waals surface area contributed by atoms with Crippen molar-refractivity contribution in [1.29, 1.82) is 0 Å². The maximum atomic E-state index is 11.0. The summed E-state index contributed by atoms with van der Waals surface area (Å²) in [5.41, 5.74) is 3.41. The normalized spacial score (nSPS) is 10.9. The zero-order chi connectivity index (χ0) is 13.3. The number of benzene rings is 1. The van der Waals surface area contributed by atoms with Crippen LogP contribution in [0.25, 0.3) is 10.4 Å². The molecule has 2 nitrogen and oxygen atoms in total. The molecule has 0 radical (unpaired) electrons. The molecule has 0 saturated carbocycles. The van der Waals surface area contributed by atoms with Crippen molar-refractivity contribution in [2.24, 2.45) is 0 Å². The van der Waals surface area contributed by atoms with Crippen molar-refractivity contribution in [1.82, 2.24) is 0 Å². The first-order valence-electron chi connectivity index (χ1n) is 5.93. The lowest BCUT2D eigenvalue weighted by molar-refractivity contribution is 0.0702. The lowest BCUT2D eigenvalue weighted by Crippen LogP contribution is -1.89. The number of hydrogen-bond acceptors (Lipinski definition) is 2. The minimum atomic E-state index is -0.854. The summed E-state index contributed by atoms with van der Waals surface area (Å²) >= 11 is 1.34. The number of carboxylic acid groups (broad SMARTS) is 1. The number of thiophene rings is 1. The molecule has 0 atom stereocenters. The molecule has 2 rings (SSSR count). The molecule has 1 heterocycles. The van der Waals surface area contributed by atoms with Crippen LogP contribution < -0.4 is 0 Å². The molecule has 94 valence electrons. The van der Waals surface area contributed by atoms with Gasteiger partial charge in [0.05, 0.1) is 0 Å². The first-order valence-corrected chi connectivity index (χ1v) is 6.74. The molecule has 1 N–H and O–H groups in total. The molecule has 0 unspecified atom stereocenters. The van der Waals surface area contributed by atoms with Gasteiger partial charge in [0.15, 0.2) is 0 Å². The Balaban J connectivity index is 2.39. The van der Waals surface area contributed by atoms with Crippen molar-refractivity contribution in [2.75, 3.05) is 0 Å². The van der Waals surface area contributed by atoms with Gasteiger partial charge < -0.3 is 5.11 Å². The Morgan fingerprint density at radius 1 is 1.22 bits per heavy atom. The Labute approximate surface area is 111 Å². The first-order chi connectivity index (χ1) is 8.49. The molecule has 0 amide bonds. The average molecular weight is 260 g/mol. The van der Waals surface area contributed by atoms with Gasteiger partial charge >= 0.3 is 5.97 Å². The van der Waals surface area contributed by atoms with Crippen molar-refractivity contribution >= 4 is 17.3 Å². The molecule has 0 bridgehead atoms. The summed E-state index contributed by atoms with van der Waals surface area (Å²) in [7, 11) is 0. The number of rotatable bonds is 3. The summed E-state index contributed by atoms with van der Waals surface area (Å²) in [6, 6.07) is 10.1. The van der Waals surface area contributed by atoms with Crippen molar-refractivity contribution in [3.05, 3.63) is 46.3 Å². The van der Waals surface area contributed by atoms with E-state index in [4.69, 9.17) is 5.11 Å². The van der Waals surface area contributed by atoms with Gasteiger partial charge in [0.2, 0.25) is 0 Å². The van der Waals surface area contributed by atoms with Gasteiger partial charge in [-0.2, -0.15) is 0 Å². The minimum absolute atomic E-state index is 0.399. The van der Waals surface area contributed by atoms with Crippen LogP contribution in [0.3, 0.4) is 0 Å². The molecule has 1 aromatic heterocycles. The summed E-state index contributed by atoms with van der Waals surface area (Å²) in [5.74, 6) is -0.341. The highest BCUT2D eigenvalue weighted by Crippen LogP contribution is 2.33. The van der Waals surface area contributed by atoms with E-state index in [-0.39, 0.29) is 0 Å². The van der Waals surface area contributed by atoms with Crippen LogP contribution >= 0.6 is 11.3 Å². The number of carboxylic acids is 1. The van der Waals surface area contributed by atoms with Crippen molar-refractivity contribution in [3.8, 4) is 10.4 Å². The SMILES string of the molecule is Cc1cc(C(=O)O)sc1-c1ccc(C(C)C)cc1. The van der Waals surface area contributed by atoms with Crippen molar-refractivity contribution in [2.45, 2.75) is 26.7 Å². The van der Waals surface area contributed by atoms with E-state index >= 15 is 0 Å². The van der Waals surface area contributed by atoms with E-state index in [0.717, 1.165) is 16.0 Å². The lowest BCUT2D eigenvalue weighted by Gasteiger charge is -2.06. The van der Waals surface area contributed by atoms with Gasteiger partial charge in [0.25, 0.3) is 0 Å². The number of carbonyl (C=O) groups is 1. The average Bonchev–Trinajstić information content (AvgIpc) is 2.71. The topological polar surface area (TPSA) is 37.3 Å². The predicted molar refractivity (Wildman–Crippen MR) is 75.5 cm³/mol. The molecule has 0 aliphatic heterocycles. The van der Waals surface area contributed by atoms with Gasteiger partial charge in [0, 0.05) is 4.88 Å². The summed E-state index contributed by atoms with van der Waals surface area (Å²) in [6.45, 7) is 6.27. The van der Waals surface area contributed by atoms with Crippen LogP contribution in [0.5, 0.6) is 0 Å². The lowest BCUT2D eigenvalue weighted by atomic mass is 10.0. The molecule has 0 saturated heterocycles. The van der Waals surface area contributed by atoms with Gasteiger partial charge in [0.1, 0.15) is 4.88 Å². The third-order valence-corrected chi connectivity index (χ3v) is 4.24. The molecule has 3 heteroatoms. The van der Waals surface area contributed by atoms with Crippen LogP contribution in [0.4, 0.5) is 0 Å². The van der Waals surface area contributed by atoms with Gasteiger partial charge in [-0.15, -0.1) is 11.3 Å². The molecule has 0 spiro atoms. The zero-order valence-electron chi connectivity index (χ0n) is 10.7. The fourth-order valence-electron chi connectivity index (χ4n) is 1.89. The van der Waals surface area contributed by atoms with Crippen LogP contribution in [0.1, 0.15) is 40.6 Å². The van der Waals surface area contributed by atoms with Crippen molar-refractivity contribution in [3.63, 3.8) is 0 Å². The van der Waals surface area contributed by atoms with Crippen LogP contribution in [-0.4, -0.2) is 11.1 Å². The Morgan fingerprint density at radius 2 is 1.83 bits per heavy atom. The van der Waals surface area contributed by atoms with Crippen LogP contribution in [0, 0.1) is 6.92 Å². The maximum absolute atomic E-state index is 11.0. The van der Waals surface area contributed by atoms with E-state index in [1.165, 1.54) is 16.9 Å². The number of aryl methyl sites for hydroxylation is 1. The maximum Gasteiger partial charge on any atom is 0.345 e. The molecule has 0 fully saturated rings. The predicted octanol–water partition coefficient (Wildman–Crippen LogP) is 4.55. The molecule has 0 aliphatic carbocycles. The van der Waals surface area contributed by atoms with Crippen LogP contribution in [0.2, 0.25) is 0 Å². The van der Waals surface area contributed by atoms with Gasteiger partial charge in [-0.25, -0.2) is 4.79 Å². The quantitative estimate of drug-likeness (QED) is 0.879. The fourth-order valence-corrected chi connectivity index (χ4v) is 2.91. The highest BCUT2D eigenvalue weighted by molar-refractivity contribution is 7.17. The van der Waals surface area contributed by atoms with Crippen LogP contribution in [0.15, 0.2) is 30.3 Å². The second-order valence-electron chi connectivity index (χ2n) is 4.70. The van der Waals surface area contributed by atoms with Gasteiger partial charge in [-0.1, -0.05) is 38.1 Å². The smallest absolute Gasteiger partial charge is 0.345 e. The largest absolute Gasteiger partial charge is 0.477 e. The standard InChI is InChI=1S/C15H16O2S/c1-9(2)11-4-6-12(7-5-11)14-10(3)8-13(18-14)15(16)17/h4-9H,1-3H3,(H,16,17). The molecule has 2 aromatic rings. The van der Waals surface area contributed by atoms with E-state index in [1.807, 2.05) is 6.92 Å². The second kappa shape index (κ2) is 4.94. The Bertz CT molecular complexity index is 565. The second-order valence-corrected chi connectivity index (χ2v) is 5.76. The molecule has 18 heavy (non-hydrogen) atoms. The Morgan fingerprint density at radius 3 is 2.28 bits per heavy atom. The summed E-state index contributed by atoms with van der Waals surface area (Å²) in [5, 5.41) is 9.00. The zero-order valence-corrected chi connectivity index (χ0v) is 11.5. The summed E-state index contributed by atoms with van der Waals surface area (Å²) in [4.78, 5) is 12.4. The minimum Gasteiger partial charge on any atom is -0.477 e. The highest BCUT2D eigenvalue weighted by atomic mass is 32.1. The van der Waals surface area contributed by atoms with E-state index < -0.39 is 5.97 Å². The number of aromatic carboxylic acids is 1. The third kappa shape index (κ3) is 2.46. The summed E-state index contributed by atoms with van der Waals surface area (Å²) in [6.07, 6.45) is 0. The fraction of sp³-hybridized carbons (Fsp3) is 0.267. The van der Waals surface area contributed by atoms with Crippen molar-refractivity contribution < 1.29 is 9.90 Å². The van der Waals surface area contributed by atoms with Gasteiger partial charge in [-0.3, -0.25) is 0 Å². The monoisotopic (exact) mass is 260 g/mol. The third-order valence-electron chi connectivity index (χ3n) is 2.97. The first kappa shape index (κ1) is 12.8. The molecular weight excluding hydrogens is 244 g/mol. The van der Waals surface area contributed by atoms with Crippen LogP contribution in [-0.2, 0) is 0 Å². The molecule has 0 aliphatic rings. The Kier molecular flexibility index (Phi) is 3.53. The van der Waals surface area contributed by atoms with E-state index in [1.54, 1.807) is 6.07 Å². The van der Waals surface area contributed by atoms with E-state index in [0.29, 0.717) is 10.8 Å². The van der Waals surface area contributed by atoms with Gasteiger partial charge in [-0.05, 0) is 35.6 Å². The molecular formula is C15H16O2S. The van der Waals surface area contributed by atoms with E-state index in [2.05, 4.69) is 38.1 Å². The summed E-state index contributed by atoms with van der Waals surface area (Å²) < 4.78 is 0. The number of hydrogen-bond donors (Lipinski definition) is 1. The Hall–Kier alpha value is -1.61. The highest BCUT2D eigenvalue weighted by Gasteiger charge is 2.12. The molecule has 1 aromatic carbocycles. The van der Waals surface area contributed by atoms with E-state index in [9.17, 15) is 4.79 Å².